The summed E-state index contributed by atoms with van der Waals surface area (Å²) >= 11 is 0. The number of carbonyl (C=O) groups excluding carboxylic acids is 1. The Morgan fingerprint density at radius 2 is 2.06 bits per heavy atom. The maximum atomic E-state index is 13.3. The summed E-state index contributed by atoms with van der Waals surface area (Å²) in [7, 11) is 2.94. The van der Waals surface area contributed by atoms with Crippen molar-refractivity contribution in [1.29, 1.82) is 0 Å². The van der Waals surface area contributed by atoms with Crippen molar-refractivity contribution in [2.75, 3.05) is 26.9 Å². The van der Waals surface area contributed by atoms with Gasteiger partial charge in [0.25, 0.3) is 11.5 Å². The molecule has 0 bridgehead atoms. The second kappa shape index (κ2) is 8.46. The zero-order valence-electron chi connectivity index (χ0n) is 18.4. The molecule has 3 heterocycles. The number of nitrogens with zero attached hydrogens (tertiary/aromatic N) is 4. The molecule has 1 fully saturated rings. The smallest absolute Gasteiger partial charge is 0.328 e. The minimum Gasteiger partial charge on any atom is -0.497 e. The molecule has 2 aromatic heterocycles. The minimum absolute atomic E-state index is 0.0884. The number of aromatic nitrogens is 4. The van der Waals surface area contributed by atoms with Crippen LogP contribution in [0.15, 0.2) is 40.1 Å². The third kappa shape index (κ3) is 3.62. The summed E-state index contributed by atoms with van der Waals surface area (Å²) in [6.45, 7) is 4.77. The fraction of sp³-hybridized carbons (Fsp3) is 0.364. The lowest BCUT2D eigenvalue weighted by molar-refractivity contribution is -0.00319. The summed E-state index contributed by atoms with van der Waals surface area (Å²) in [4.78, 5) is 41.6. The van der Waals surface area contributed by atoms with E-state index in [9.17, 15) is 14.4 Å². The van der Waals surface area contributed by atoms with E-state index in [0.717, 1.165) is 27.2 Å². The second-order valence-corrected chi connectivity index (χ2v) is 7.66. The van der Waals surface area contributed by atoms with Gasteiger partial charge in [0.2, 0.25) is 0 Å². The molecule has 168 valence electrons. The molecule has 3 aromatic rings. The van der Waals surface area contributed by atoms with Gasteiger partial charge in [0.1, 0.15) is 11.3 Å². The number of aryl methyl sites for hydroxylation is 1. The monoisotopic (exact) mass is 439 g/mol. The average molecular weight is 439 g/mol. The van der Waals surface area contributed by atoms with E-state index in [1.54, 1.807) is 12.0 Å². The first-order valence-corrected chi connectivity index (χ1v) is 10.2. The van der Waals surface area contributed by atoms with Crippen LogP contribution in [0.5, 0.6) is 5.75 Å². The number of benzene rings is 1. The SMILES string of the molecule is COc1cccc(-n2nc(C)c(C3COCCN3C(=O)c3c[nH]c(=O)n(C)c3=O)c2C)c1. The molecule has 1 saturated heterocycles. The van der Waals surface area contributed by atoms with Crippen LogP contribution in [0.3, 0.4) is 0 Å². The van der Waals surface area contributed by atoms with Crippen LogP contribution in [0.1, 0.15) is 33.4 Å². The van der Waals surface area contributed by atoms with Crippen molar-refractivity contribution in [1.82, 2.24) is 24.2 Å². The van der Waals surface area contributed by atoms with Crippen molar-refractivity contribution in [3.8, 4) is 11.4 Å². The number of H-pyrrole nitrogens is 1. The number of rotatable bonds is 4. The van der Waals surface area contributed by atoms with Crippen LogP contribution >= 0.6 is 0 Å². The van der Waals surface area contributed by atoms with Gasteiger partial charge in [0.05, 0.1) is 37.7 Å². The summed E-state index contributed by atoms with van der Waals surface area (Å²) in [5.41, 5.74) is 2.02. The van der Waals surface area contributed by atoms with E-state index in [1.165, 1.54) is 13.2 Å². The Kier molecular flexibility index (Phi) is 5.70. The normalized spacial score (nSPS) is 16.2. The Hall–Kier alpha value is -3.66. The highest BCUT2D eigenvalue weighted by molar-refractivity contribution is 5.94. The van der Waals surface area contributed by atoms with Crippen LogP contribution in [0.25, 0.3) is 5.69 Å². The summed E-state index contributed by atoms with van der Waals surface area (Å²) < 4.78 is 13.7. The van der Waals surface area contributed by atoms with E-state index in [2.05, 4.69) is 4.98 Å². The van der Waals surface area contributed by atoms with E-state index in [1.807, 2.05) is 42.8 Å². The molecule has 4 rings (SSSR count). The van der Waals surface area contributed by atoms with Crippen LogP contribution < -0.4 is 16.0 Å². The summed E-state index contributed by atoms with van der Waals surface area (Å²) in [5.74, 6) is 0.256. The molecule has 1 aromatic carbocycles. The van der Waals surface area contributed by atoms with Crippen LogP contribution in [0.4, 0.5) is 0 Å². The Labute approximate surface area is 184 Å². The fourth-order valence-corrected chi connectivity index (χ4v) is 4.09. The van der Waals surface area contributed by atoms with Crippen molar-refractivity contribution in [3.05, 3.63) is 73.8 Å². The molecule has 1 atom stereocenters. The predicted molar refractivity (Wildman–Crippen MR) is 116 cm³/mol. The topological polar surface area (TPSA) is 111 Å². The van der Waals surface area contributed by atoms with Gasteiger partial charge >= 0.3 is 5.69 Å². The van der Waals surface area contributed by atoms with E-state index in [4.69, 9.17) is 14.6 Å². The molecule has 0 saturated carbocycles. The molecule has 1 unspecified atom stereocenters. The number of methoxy groups -OCH3 is 1. The van der Waals surface area contributed by atoms with Gasteiger partial charge in [-0.15, -0.1) is 0 Å². The number of nitrogens with one attached hydrogen (secondary N) is 1. The van der Waals surface area contributed by atoms with Gasteiger partial charge in [-0.25, -0.2) is 9.48 Å². The standard InChI is InChI=1S/C22H25N5O5/c1-13-19(14(2)27(24-13)15-6-5-7-16(10-15)31-4)18-12-32-9-8-26(18)21(29)17-11-23-22(30)25(3)20(17)28/h5-7,10-11,18H,8-9,12H2,1-4H3,(H,23,30). The molecule has 10 nitrogen and oxygen atoms in total. The second-order valence-electron chi connectivity index (χ2n) is 7.66. The highest BCUT2D eigenvalue weighted by Crippen LogP contribution is 2.32. The van der Waals surface area contributed by atoms with Gasteiger partial charge < -0.3 is 19.4 Å². The van der Waals surface area contributed by atoms with Gasteiger partial charge in [-0.05, 0) is 26.0 Å². The molecule has 1 aliphatic rings. The minimum atomic E-state index is -0.635. The number of aromatic amines is 1. The van der Waals surface area contributed by atoms with Crippen LogP contribution in [-0.2, 0) is 11.8 Å². The van der Waals surface area contributed by atoms with Crippen molar-refractivity contribution in [2.24, 2.45) is 7.05 Å². The number of hydrogen-bond acceptors (Lipinski definition) is 6. The third-order valence-corrected chi connectivity index (χ3v) is 5.78. The number of carbonyl (C=O) groups is 1. The van der Waals surface area contributed by atoms with Crippen LogP contribution in [0, 0.1) is 13.8 Å². The highest BCUT2D eigenvalue weighted by atomic mass is 16.5. The van der Waals surface area contributed by atoms with Crippen LogP contribution in [-0.4, -0.2) is 57.0 Å². The molecule has 1 N–H and O–H groups in total. The molecule has 32 heavy (non-hydrogen) atoms. The van der Waals surface area contributed by atoms with Gasteiger partial charge in [-0.2, -0.15) is 5.10 Å². The van der Waals surface area contributed by atoms with Gasteiger partial charge in [-0.1, -0.05) is 6.07 Å². The Morgan fingerprint density at radius 1 is 1.28 bits per heavy atom. The Bertz CT molecular complexity index is 1290. The lowest BCUT2D eigenvalue weighted by Gasteiger charge is -2.36. The number of amides is 1. The first-order valence-electron chi connectivity index (χ1n) is 10.2. The molecule has 0 radical (unpaired) electrons. The zero-order valence-corrected chi connectivity index (χ0v) is 18.4. The van der Waals surface area contributed by atoms with E-state index in [-0.39, 0.29) is 12.2 Å². The molecule has 1 amide bonds. The maximum Gasteiger partial charge on any atom is 0.328 e. The van der Waals surface area contributed by atoms with Crippen molar-refractivity contribution in [3.63, 3.8) is 0 Å². The first kappa shape index (κ1) is 21.6. The maximum absolute atomic E-state index is 13.3. The number of morpholine rings is 1. The van der Waals surface area contributed by atoms with E-state index < -0.39 is 23.2 Å². The zero-order chi connectivity index (χ0) is 23.0. The number of ether oxygens (including phenoxy) is 2. The fourth-order valence-electron chi connectivity index (χ4n) is 4.09. The Balaban J connectivity index is 1.76. The molecule has 0 spiro atoms. The largest absolute Gasteiger partial charge is 0.497 e. The first-order chi connectivity index (χ1) is 15.3. The lowest BCUT2D eigenvalue weighted by Crippen LogP contribution is -2.47. The summed E-state index contributed by atoms with van der Waals surface area (Å²) in [5, 5.41) is 4.70. The third-order valence-electron chi connectivity index (χ3n) is 5.78. The molecule has 1 aliphatic heterocycles. The summed E-state index contributed by atoms with van der Waals surface area (Å²) in [6, 6.07) is 7.13. The summed E-state index contributed by atoms with van der Waals surface area (Å²) in [6.07, 6.45) is 1.18. The molecular formula is C22H25N5O5. The highest BCUT2D eigenvalue weighted by Gasteiger charge is 2.34. The van der Waals surface area contributed by atoms with Crippen molar-refractivity contribution in [2.45, 2.75) is 19.9 Å². The molecule has 10 heteroatoms. The van der Waals surface area contributed by atoms with E-state index >= 15 is 0 Å². The van der Waals surface area contributed by atoms with Gasteiger partial charge in [0, 0.05) is 37.1 Å². The Morgan fingerprint density at radius 3 is 2.81 bits per heavy atom. The van der Waals surface area contributed by atoms with Crippen molar-refractivity contribution >= 4 is 5.91 Å². The predicted octanol–water partition coefficient (Wildman–Crippen LogP) is 1.10. The van der Waals surface area contributed by atoms with Crippen molar-refractivity contribution < 1.29 is 14.3 Å². The lowest BCUT2D eigenvalue weighted by atomic mass is 10.0. The molecular weight excluding hydrogens is 414 g/mol. The van der Waals surface area contributed by atoms with Gasteiger partial charge in [-0.3, -0.25) is 14.2 Å². The van der Waals surface area contributed by atoms with Crippen LogP contribution in [0.2, 0.25) is 0 Å². The average Bonchev–Trinajstić information content (AvgIpc) is 3.11. The van der Waals surface area contributed by atoms with E-state index in [0.29, 0.717) is 18.9 Å². The quantitative estimate of drug-likeness (QED) is 0.652. The molecule has 0 aliphatic carbocycles. The number of hydrogen-bond donors (Lipinski definition) is 1. The van der Waals surface area contributed by atoms with Gasteiger partial charge in [0.15, 0.2) is 0 Å².